The van der Waals surface area contributed by atoms with Crippen LogP contribution in [0.4, 0.5) is 23.0 Å². The first-order valence-corrected chi connectivity index (χ1v) is 13.1. The van der Waals surface area contributed by atoms with Gasteiger partial charge in [0.2, 0.25) is 11.9 Å². The summed E-state index contributed by atoms with van der Waals surface area (Å²) >= 11 is 0. The molecule has 5 rings (SSSR count). The van der Waals surface area contributed by atoms with Crippen molar-refractivity contribution in [2.75, 3.05) is 62.4 Å². The smallest absolute Gasteiger partial charge is 0.255 e. The summed E-state index contributed by atoms with van der Waals surface area (Å²) in [6, 6.07) is 21.4. The zero-order valence-corrected chi connectivity index (χ0v) is 22.6. The van der Waals surface area contributed by atoms with E-state index in [4.69, 9.17) is 0 Å². The van der Waals surface area contributed by atoms with Crippen LogP contribution in [0.15, 0.2) is 85.3 Å². The quantitative estimate of drug-likeness (QED) is 0.351. The molecule has 1 aliphatic heterocycles. The highest BCUT2D eigenvalue weighted by molar-refractivity contribution is 5.94. The molecule has 0 radical (unpaired) electrons. The number of carbonyl (C=O) groups is 2. The molecule has 2 N–H and O–H groups in total. The normalized spacial score (nSPS) is 13.1. The Morgan fingerprint density at radius 3 is 2.27 bits per heavy atom. The largest absolute Gasteiger partial charge is 0.376 e. The van der Waals surface area contributed by atoms with E-state index >= 15 is 0 Å². The van der Waals surface area contributed by atoms with Gasteiger partial charge in [0.1, 0.15) is 0 Å². The van der Waals surface area contributed by atoms with Gasteiger partial charge in [-0.3, -0.25) is 14.6 Å². The number of amides is 2. The maximum atomic E-state index is 12.7. The number of nitrogens with one attached hydrogen (secondary N) is 2. The third-order valence-electron chi connectivity index (χ3n) is 6.74. The van der Waals surface area contributed by atoms with Crippen molar-refractivity contribution in [2.45, 2.75) is 0 Å². The third kappa shape index (κ3) is 6.52. The van der Waals surface area contributed by atoms with Gasteiger partial charge in [0.15, 0.2) is 0 Å². The Morgan fingerprint density at radius 1 is 0.875 bits per heavy atom. The van der Waals surface area contributed by atoms with Crippen molar-refractivity contribution in [1.82, 2.24) is 24.8 Å². The second-order valence-electron chi connectivity index (χ2n) is 9.68. The molecule has 4 aromatic rings. The van der Waals surface area contributed by atoms with Crippen LogP contribution in [-0.2, 0) is 4.79 Å². The monoisotopic (exact) mass is 536 g/mol. The Balaban J connectivity index is 1.16. The topological polar surface area (TPSA) is 107 Å². The number of aromatic nitrogens is 3. The summed E-state index contributed by atoms with van der Waals surface area (Å²) in [5, 5.41) is 6.42. The number of likely N-dealkylation sites (N-methyl/N-ethyl adjacent to an activating group) is 1. The summed E-state index contributed by atoms with van der Waals surface area (Å²) in [4.78, 5) is 43.3. The lowest BCUT2D eigenvalue weighted by Gasteiger charge is -2.36. The molecule has 0 aliphatic carbocycles. The van der Waals surface area contributed by atoms with E-state index in [9.17, 15) is 9.59 Å². The van der Waals surface area contributed by atoms with Crippen molar-refractivity contribution in [3.8, 4) is 11.3 Å². The fraction of sp³-hybridized carbons (Fsp3) is 0.233. The molecule has 2 amide bonds. The molecule has 204 valence electrons. The van der Waals surface area contributed by atoms with Crippen molar-refractivity contribution >= 4 is 34.8 Å². The Bertz CT molecular complexity index is 1440. The molecule has 40 heavy (non-hydrogen) atoms. The van der Waals surface area contributed by atoms with Gasteiger partial charge < -0.3 is 25.3 Å². The lowest BCUT2D eigenvalue weighted by Crippen LogP contribution is -2.48. The minimum Gasteiger partial charge on any atom is -0.376 e. The summed E-state index contributed by atoms with van der Waals surface area (Å²) in [6.45, 7) is 3.11. The SMILES string of the molecule is CN(C)C(=O)CNc1ccc(-c2ccnc(Nc3ccc(N4CCN(C(=O)c5cccnc5)CC4)cc3)n2)cc1. The second kappa shape index (κ2) is 12.2. The molecule has 10 nitrogen and oxygen atoms in total. The van der Waals surface area contributed by atoms with Crippen LogP contribution < -0.4 is 15.5 Å². The average Bonchev–Trinajstić information content (AvgIpc) is 3.01. The van der Waals surface area contributed by atoms with Gasteiger partial charge >= 0.3 is 0 Å². The third-order valence-corrected chi connectivity index (χ3v) is 6.74. The number of benzene rings is 2. The fourth-order valence-corrected chi connectivity index (χ4v) is 4.40. The van der Waals surface area contributed by atoms with E-state index in [0.29, 0.717) is 24.6 Å². The van der Waals surface area contributed by atoms with Crippen LogP contribution >= 0.6 is 0 Å². The Kier molecular flexibility index (Phi) is 8.15. The van der Waals surface area contributed by atoms with Crippen LogP contribution in [0.1, 0.15) is 10.4 Å². The molecule has 0 bridgehead atoms. The Morgan fingerprint density at radius 2 is 1.60 bits per heavy atom. The van der Waals surface area contributed by atoms with Crippen molar-refractivity contribution in [3.05, 3.63) is 90.9 Å². The minimum atomic E-state index is 0.0134. The van der Waals surface area contributed by atoms with Gasteiger partial charge in [0.05, 0.1) is 17.8 Å². The maximum absolute atomic E-state index is 12.7. The van der Waals surface area contributed by atoms with E-state index in [1.807, 2.05) is 47.4 Å². The molecule has 2 aromatic carbocycles. The van der Waals surface area contributed by atoms with Crippen LogP contribution in [0, 0.1) is 0 Å². The highest BCUT2D eigenvalue weighted by atomic mass is 16.2. The molecule has 0 unspecified atom stereocenters. The van der Waals surface area contributed by atoms with E-state index in [-0.39, 0.29) is 18.4 Å². The number of piperazine rings is 1. The Labute approximate surface area is 233 Å². The summed E-state index contributed by atoms with van der Waals surface area (Å²) in [7, 11) is 3.47. The number of carbonyl (C=O) groups excluding carboxylic acids is 2. The van der Waals surface area contributed by atoms with Crippen molar-refractivity contribution in [3.63, 3.8) is 0 Å². The fourth-order valence-electron chi connectivity index (χ4n) is 4.40. The van der Waals surface area contributed by atoms with Crippen LogP contribution in [0.2, 0.25) is 0 Å². The van der Waals surface area contributed by atoms with Gasteiger partial charge in [-0.15, -0.1) is 0 Å². The molecule has 0 saturated carbocycles. The van der Waals surface area contributed by atoms with Gasteiger partial charge in [-0.1, -0.05) is 12.1 Å². The average molecular weight is 537 g/mol. The van der Waals surface area contributed by atoms with Crippen LogP contribution in [-0.4, -0.2) is 83.4 Å². The maximum Gasteiger partial charge on any atom is 0.255 e. The Hall–Kier alpha value is -4.99. The lowest BCUT2D eigenvalue weighted by atomic mass is 10.1. The predicted octanol–water partition coefficient (Wildman–Crippen LogP) is 3.74. The molecule has 10 heteroatoms. The highest BCUT2D eigenvalue weighted by Gasteiger charge is 2.22. The number of nitrogens with zero attached hydrogens (tertiary/aromatic N) is 6. The zero-order valence-electron chi connectivity index (χ0n) is 22.6. The van der Waals surface area contributed by atoms with Gasteiger partial charge in [0.25, 0.3) is 5.91 Å². The molecule has 0 spiro atoms. The first kappa shape index (κ1) is 26.6. The molecular weight excluding hydrogens is 504 g/mol. The van der Waals surface area contributed by atoms with E-state index in [1.54, 1.807) is 49.7 Å². The van der Waals surface area contributed by atoms with Crippen LogP contribution in [0.3, 0.4) is 0 Å². The molecule has 2 aromatic heterocycles. The lowest BCUT2D eigenvalue weighted by molar-refractivity contribution is -0.126. The molecular formula is C30H32N8O2. The number of hydrogen-bond donors (Lipinski definition) is 2. The zero-order chi connectivity index (χ0) is 27.9. The number of hydrogen-bond acceptors (Lipinski definition) is 8. The minimum absolute atomic E-state index is 0.0134. The summed E-state index contributed by atoms with van der Waals surface area (Å²) in [5.41, 5.74) is 5.23. The van der Waals surface area contributed by atoms with Crippen molar-refractivity contribution in [1.29, 1.82) is 0 Å². The van der Waals surface area contributed by atoms with Crippen molar-refractivity contribution in [2.24, 2.45) is 0 Å². The summed E-state index contributed by atoms with van der Waals surface area (Å²) in [5.74, 6) is 0.546. The molecule has 1 fully saturated rings. The van der Waals surface area contributed by atoms with Gasteiger partial charge in [-0.2, -0.15) is 0 Å². The predicted molar refractivity (Wildman–Crippen MR) is 157 cm³/mol. The first-order valence-electron chi connectivity index (χ1n) is 13.1. The van der Waals surface area contributed by atoms with Crippen LogP contribution in [0.25, 0.3) is 11.3 Å². The second-order valence-corrected chi connectivity index (χ2v) is 9.68. The summed E-state index contributed by atoms with van der Waals surface area (Å²) in [6.07, 6.45) is 5.02. The number of rotatable bonds is 8. The van der Waals surface area contributed by atoms with Gasteiger partial charge in [0, 0.05) is 81.5 Å². The first-order chi connectivity index (χ1) is 19.5. The van der Waals surface area contributed by atoms with Gasteiger partial charge in [-0.05, 0) is 54.6 Å². The standard InChI is InChI=1S/C30H32N8O2/c1-36(2)28(39)21-33-24-7-5-22(6-8-24)27-13-15-32-30(35-27)34-25-9-11-26(12-10-25)37-16-18-38(19-17-37)29(40)23-4-3-14-31-20-23/h3-15,20,33H,16-19,21H2,1-2H3,(H,32,34,35). The molecule has 1 aliphatic rings. The van der Waals surface area contributed by atoms with Crippen molar-refractivity contribution < 1.29 is 9.59 Å². The number of pyridine rings is 1. The molecule has 1 saturated heterocycles. The van der Waals surface area contributed by atoms with E-state index in [0.717, 1.165) is 41.4 Å². The van der Waals surface area contributed by atoms with E-state index in [1.165, 1.54) is 0 Å². The van der Waals surface area contributed by atoms with E-state index < -0.39 is 0 Å². The van der Waals surface area contributed by atoms with Crippen LogP contribution in [0.5, 0.6) is 0 Å². The number of anilines is 4. The summed E-state index contributed by atoms with van der Waals surface area (Å²) < 4.78 is 0. The van der Waals surface area contributed by atoms with Gasteiger partial charge in [-0.25, -0.2) is 9.97 Å². The highest BCUT2D eigenvalue weighted by Crippen LogP contribution is 2.24. The molecule has 0 atom stereocenters. The molecule has 3 heterocycles. The van der Waals surface area contributed by atoms with E-state index in [2.05, 4.69) is 42.6 Å².